The van der Waals surface area contributed by atoms with Gasteiger partial charge in [0.05, 0.1) is 23.9 Å². The van der Waals surface area contributed by atoms with Crippen LogP contribution >= 0.6 is 11.6 Å². The third-order valence-electron chi connectivity index (χ3n) is 5.36. The average molecular weight is 440 g/mol. The maximum absolute atomic E-state index is 13.2. The second-order valence-corrected chi connectivity index (χ2v) is 8.14. The van der Waals surface area contributed by atoms with Crippen LogP contribution in [0.4, 0.5) is 5.69 Å². The standard InChI is InChI=1S/C23H26ClN5O2/c1-16-14-17(2)29(26-16)21-9-8-19(24)22(25-21)23(30)27(3)15-18-6-4-5-7-20(18)28-10-12-31-13-11-28/h4-9,14H,10-13,15H2,1-3H3. The van der Waals surface area contributed by atoms with Crippen molar-refractivity contribution in [3.63, 3.8) is 0 Å². The zero-order valence-corrected chi connectivity index (χ0v) is 18.8. The van der Waals surface area contributed by atoms with Gasteiger partial charge in [-0.25, -0.2) is 9.67 Å². The van der Waals surface area contributed by atoms with Crippen molar-refractivity contribution < 1.29 is 9.53 Å². The number of anilines is 1. The molecule has 1 fully saturated rings. The molecule has 0 bridgehead atoms. The van der Waals surface area contributed by atoms with Crippen LogP contribution in [-0.4, -0.2) is 58.9 Å². The second-order valence-electron chi connectivity index (χ2n) is 7.73. The number of ether oxygens (including phenoxy) is 1. The number of morpholine rings is 1. The van der Waals surface area contributed by atoms with Crippen LogP contribution in [0.2, 0.25) is 5.02 Å². The van der Waals surface area contributed by atoms with Crippen molar-refractivity contribution in [1.82, 2.24) is 19.7 Å². The van der Waals surface area contributed by atoms with Crippen molar-refractivity contribution >= 4 is 23.2 Å². The van der Waals surface area contributed by atoms with Crippen molar-refractivity contribution in [1.29, 1.82) is 0 Å². The molecule has 3 heterocycles. The van der Waals surface area contributed by atoms with E-state index >= 15 is 0 Å². The van der Waals surface area contributed by atoms with Crippen LogP contribution in [0.3, 0.4) is 0 Å². The molecule has 7 nitrogen and oxygen atoms in total. The number of amides is 1. The maximum atomic E-state index is 13.2. The molecule has 1 amide bonds. The normalized spacial score (nSPS) is 14.0. The lowest BCUT2D eigenvalue weighted by Crippen LogP contribution is -2.37. The van der Waals surface area contributed by atoms with Gasteiger partial charge in [-0.2, -0.15) is 5.10 Å². The van der Waals surface area contributed by atoms with Gasteiger partial charge in [-0.05, 0) is 43.7 Å². The number of rotatable bonds is 5. The predicted octanol–water partition coefficient (Wildman–Crippen LogP) is 3.65. The van der Waals surface area contributed by atoms with Gasteiger partial charge in [0, 0.05) is 38.1 Å². The molecule has 1 aromatic carbocycles. The lowest BCUT2D eigenvalue weighted by molar-refractivity contribution is 0.0779. The number of pyridine rings is 1. The highest BCUT2D eigenvalue weighted by atomic mass is 35.5. The molecule has 2 aromatic heterocycles. The summed E-state index contributed by atoms with van der Waals surface area (Å²) in [5.41, 5.74) is 4.25. The van der Waals surface area contributed by atoms with Crippen LogP contribution in [0.5, 0.6) is 0 Å². The van der Waals surface area contributed by atoms with Crippen molar-refractivity contribution in [2.75, 3.05) is 38.3 Å². The van der Waals surface area contributed by atoms with Gasteiger partial charge in [0.25, 0.3) is 5.91 Å². The zero-order chi connectivity index (χ0) is 22.0. The Bertz CT molecular complexity index is 1090. The summed E-state index contributed by atoms with van der Waals surface area (Å²) >= 11 is 6.36. The van der Waals surface area contributed by atoms with E-state index < -0.39 is 0 Å². The number of para-hydroxylation sites is 1. The van der Waals surface area contributed by atoms with Crippen LogP contribution in [0, 0.1) is 13.8 Å². The summed E-state index contributed by atoms with van der Waals surface area (Å²) in [7, 11) is 1.77. The van der Waals surface area contributed by atoms with E-state index in [-0.39, 0.29) is 11.6 Å². The average Bonchev–Trinajstić information content (AvgIpc) is 3.12. The molecule has 0 aliphatic carbocycles. The Morgan fingerprint density at radius 2 is 1.90 bits per heavy atom. The minimum absolute atomic E-state index is 0.220. The first kappa shape index (κ1) is 21.3. The minimum Gasteiger partial charge on any atom is -0.378 e. The number of benzene rings is 1. The molecule has 1 aliphatic heterocycles. The lowest BCUT2D eigenvalue weighted by Gasteiger charge is -2.31. The van der Waals surface area contributed by atoms with Crippen LogP contribution < -0.4 is 4.90 Å². The van der Waals surface area contributed by atoms with Gasteiger partial charge >= 0.3 is 0 Å². The molecule has 3 aromatic rings. The van der Waals surface area contributed by atoms with Crippen molar-refractivity contribution in [3.8, 4) is 5.82 Å². The Labute approximate surface area is 187 Å². The van der Waals surface area contributed by atoms with E-state index in [1.165, 1.54) is 0 Å². The Morgan fingerprint density at radius 3 is 2.61 bits per heavy atom. The van der Waals surface area contributed by atoms with Crippen molar-refractivity contribution in [3.05, 3.63) is 70.1 Å². The molecule has 0 N–H and O–H groups in total. The van der Waals surface area contributed by atoms with E-state index in [2.05, 4.69) is 27.1 Å². The van der Waals surface area contributed by atoms with Crippen LogP contribution in [-0.2, 0) is 11.3 Å². The highest BCUT2D eigenvalue weighted by molar-refractivity contribution is 6.33. The lowest BCUT2D eigenvalue weighted by atomic mass is 10.1. The molecule has 1 saturated heterocycles. The third kappa shape index (κ3) is 4.57. The quantitative estimate of drug-likeness (QED) is 0.607. The number of nitrogens with zero attached hydrogens (tertiary/aromatic N) is 5. The Kier molecular flexibility index (Phi) is 6.25. The van der Waals surface area contributed by atoms with Crippen molar-refractivity contribution in [2.24, 2.45) is 0 Å². The van der Waals surface area contributed by atoms with E-state index in [4.69, 9.17) is 16.3 Å². The van der Waals surface area contributed by atoms with E-state index in [1.807, 2.05) is 32.0 Å². The van der Waals surface area contributed by atoms with Crippen LogP contribution in [0.1, 0.15) is 27.4 Å². The van der Waals surface area contributed by atoms with Crippen molar-refractivity contribution in [2.45, 2.75) is 20.4 Å². The Hall–Kier alpha value is -2.90. The summed E-state index contributed by atoms with van der Waals surface area (Å²) in [6.45, 7) is 7.43. The predicted molar refractivity (Wildman–Crippen MR) is 121 cm³/mol. The summed E-state index contributed by atoms with van der Waals surface area (Å²) < 4.78 is 7.19. The molecular weight excluding hydrogens is 414 g/mol. The largest absolute Gasteiger partial charge is 0.378 e. The summed E-state index contributed by atoms with van der Waals surface area (Å²) in [6.07, 6.45) is 0. The van der Waals surface area contributed by atoms with Gasteiger partial charge < -0.3 is 14.5 Å². The summed E-state index contributed by atoms with van der Waals surface area (Å²) in [4.78, 5) is 21.7. The minimum atomic E-state index is -0.231. The van der Waals surface area contributed by atoms with E-state index in [0.717, 1.165) is 35.7 Å². The molecular formula is C23H26ClN5O2. The molecule has 0 atom stereocenters. The summed E-state index contributed by atoms with van der Waals surface area (Å²) in [5.74, 6) is 0.339. The maximum Gasteiger partial charge on any atom is 0.274 e. The molecule has 0 unspecified atom stereocenters. The number of halogens is 1. The monoisotopic (exact) mass is 439 g/mol. The number of carbonyl (C=O) groups is 1. The fraction of sp³-hybridized carbons (Fsp3) is 0.348. The van der Waals surface area contributed by atoms with Gasteiger partial charge in [0.2, 0.25) is 0 Å². The van der Waals surface area contributed by atoms with Gasteiger partial charge in [-0.3, -0.25) is 4.79 Å². The zero-order valence-electron chi connectivity index (χ0n) is 18.0. The van der Waals surface area contributed by atoms with Crippen LogP contribution in [0.15, 0.2) is 42.5 Å². The first-order valence-electron chi connectivity index (χ1n) is 10.3. The van der Waals surface area contributed by atoms with Gasteiger partial charge in [-0.1, -0.05) is 29.8 Å². The van der Waals surface area contributed by atoms with Gasteiger partial charge in [0.15, 0.2) is 5.82 Å². The highest BCUT2D eigenvalue weighted by Gasteiger charge is 2.21. The van der Waals surface area contributed by atoms with E-state index in [9.17, 15) is 4.79 Å². The number of aryl methyl sites for hydroxylation is 2. The SMILES string of the molecule is Cc1cc(C)n(-c2ccc(Cl)c(C(=O)N(C)Cc3ccccc3N3CCOCC3)n2)n1. The fourth-order valence-corrected chi connectivity index (χ4v) is 4.01. The Balaban J connectivity index is 1.58. The topological polar surface area (TPSA) is 63.5 Å². The molecule has 4 rings (SSSR count). The number of hydrogen-bond donors (Lipinski definition) is 0. The smallest absolute Gasteiger partial charge is 0.274 e. The molecule has 8 heteroatoms. The summed E-state index contributed by atoms with van der Waals surface area (Å²) in [5, 5.41) is 4.78. The number of hydrogen-bond acceptors (Lipinski definition) is 5. The van der Waals surface area contributed by atoms with Gasteiger partial charge in [-0.15, -0.1) is 0 Å². The molecule has 0 spiro atoms. The highest BCUT2D eigenvalue weighted by Crippen LogP contribution is 2.24. The number of carbonyl (C=O) groups excluding carboxylic acids is 1. The summed E-state index contributed by atoms with van der Waals surface area (Å²) in [6, 6.07) is 13.6. The molecule has 0 saturated carbocycles. The first-order chi connectivity index (χ1) is 14.9. The van der Waals surface area contributed by atoms with E-state index in [1.54, 1.807) is 28.8 Å². The molecule has 162 valence electrons. The van der Waals surface area contributed by atoms with Gasteiger partial charge in [0.1, 0.15) is 5.69 Å². The fourth-order valence-electron chi connectivity index (χ4n) is 3.83. The molecule has 31 heavy (non-hydrogen) atoms. The van der Waals surface area contributed by atoms with Crippen LogP contribution in [0.25, 0.3) is 5.82 Å². The molecule has 1 aliphatic rings. The Morgan fingerprint density at radius 1 is 1.16 bits per heavy atom. The third-order valence-corrected chi connectivity index (χ3v) is 5.66. The first-order valence-corrected chi connectivity index (χ1v) is 10.7. The van der Waals surface area contributed by atoms with E-state index in [0.29, 0.717) is 30.6 Å². The number of aromatic nitrogens is 3. The molecule has 0 radical (unpaired) electrons. The second kappa shape index (κ2) is 9.08.